The Balaban J connectivity index is 3.09. The predicted octanol–water partition coefficient (Wildman–Crippen LogP) is 4.34. The third-order valence-corrected chi connectivity index (χ3v) is 2.66. The molecule has 0 bridgehead atoms. The van der Waals surface area contributed by atoms with Crippen LogP contribution in [0.3, 0.4) is 0 Å². The number of nitrogens with zero attached hydrogens (tertiary/aromatic N) is 1. The van der Waals surface area contributed by atoms with Gasteiger partial charge in [0.15, 0.2) is 0 Å². The molecule has 0 aliphatic rings. The first-order valence-electron chi connectivity index (χ1n) is 4.38. The molecule has 88 valence electrons. The molecular formula is C9H9Cl2NO3S. The fourth-order valence-electron chi connectivity index (χ4n) is 0.909. The summed E-state index contributed by atoms with van der Waals surface area (Å²) >= 11 is 12.6. The van der Waals surface area contributed by atoms with Gasteiger partial charge in [-0.2, -0.15) is 0 Å². The van der Waals surface area contributed by atoms with E-state index in [9.17, 15) is 10.1 Å². The van der Waals surface area contributed by atoms with Crippen LogP contribution >= 0.6 is 35.2 Å². The molecule has 7 heteroatoms. The molecule has 4 nitrogen and oxygen atoms in total. The normalized spacial score (nSPS) is 10.6. The van der Waals surface area contributed by atoms with E-state index < -0.39 is 4.92 Å². The van der Waals surface area contributed by atoms with Crippen molar-refractivity contribution in [2.45, 2.75) is 19.1 Å². The molecule has 0 amide bonds. The first-order chi connectivity index (χ1) is 7.41. The third kappa shape index (κ3) is 3.43. The van der Waals surface area contributed by atoms with Crippen molar-refractivity contribution >= 4 is 40.9 Å². The molecule has 16 heavy (non-hydrogen) atoms. The average molecular weight is 282 g/mol. The van der Waals surface area contributed by atoms with Crippen LogP contribution < -0.4 is 4.18 Å². The van der Waals surface area contributed by atoms with Gasteiger partial charge in [-0.15, -0.1) is 0 Å². The monoisotopic (exact) mass is 281 g/mol. The minimum atomic E-state index is -0.575. The summed E-state index contributed by atoms with van der Waals surface area (Å²) in [5, 5.41) is 11.3. The summed E-state index contributed by atoms with van der Waals surface area (Å²) < 4.78 is 5.23. The maximum Gasteiger partial charge on any atom is 0.315 e. The molecule has 0 aliphatic heterocycles. The van der Waals surface area contributed by atoms with Gasteiger partial charge in [-0.05, 0) is 6.07 Å². The molecule has 0 aromatic heterocycles. The van der Waals surface area contributed by atoms with Crippen molar-refractivity contribution in [2.75, 3.05) is 0 Å². The molecule has 0 unspecified atom stereocenters. The summed E-state index contributed by atoms with van der Waals surface area (Å²) in [6.07, 6.45) is 0. The summed E-state index contributed by atoms with van der Waals surface area (Å²) in [4.78, 5) is 10.2. The molecule has 1 aromatic rings. The highest BCUT2D eigenvalue weighted by Gasteiger charge is 2.21. The summed E-state index contributed by atoms with van der Waals surface area (Å²) in [7, 11) is 0. The van der Waals surface area contributed by atoms with Gasteiger partial charge >= 0.3 is 5.69 Å². The lowest BCUT2D eigenvalue weighted by atomic mass is 10.3. The lowest BCUT2D eigenvalue weighted by Crippen LogP contribution is -1.97. The molecule has 0 heterocycles. The van der Waals surface area contributed by atoms with Gasteiger partial charge in [0.1, 0.15) is 0 Å². The Kier molecular flexibility index (Phi) is 4.70. The van der Waals surface area contributed by atoms with Gasteiger partial charge in [0.25, 0.3) is 0 Å². The molecule has 0 spiro atoms. The number of hydrogen-bond donors (Lipinski definition) is 0. The Labute approximate surface area is 107 Å². The number of benzene rings is 1. The fraction of sp³-hybridized carbons (Fsp3) is 0.333. The summed E-state index contributed by atoms with van der Waals surface area (Å²) in [6.45, 7) is 3.81. The lowest BCUT2D eigenvalue weighted by Gasteiger charge is -2.08. The minimum Gasteiger partial charge on any atom is -0.417 e. The van der Waals surface area contributed by atoms with Crippen LogP contribution in [0.5, 0.6) is 5.75 Å². The van der Waals surface area contributed by atoms with Gasteiger partial charge < -0.3 is 4.18 Å². The number of nitro groups is 1. The zero-order valence-electron chi connectivity index (χ0n) is 8.57. The summed E-state index contributed by atoms with van der Waals surface area (Å²) in [5.41, 5.74) is -0.231. The standard InChI is InChI=1S/C9H9Cl2NO3S/c1-5(2)16-15-9-7(11)3-6(10)4-8(9)12(13)14/h3-5H,1-2H3. The molecular weight excluding hydrogens is 273 g/mol. The average Bonchev–Trinajstić information content (AvgIpc) is 2.14. The Hall–Kier alpha value is -0.650. The van der Waals surface area contributed by atoms with E-state index in [1.54, 1.807) is 0 Å². The van der Waals surface area contributed by atoms with Crippen molar-refractivity contribution in [3.05, 3.63) is 32.3 Å². The highest BCUT2D eigenvalue weighted by Crippen LogP contribution is 2.39. The molecule has 1 aromatic carbocycles. The molecule has 0 saturated carbocycles. The van der Waals surface area contributed by atoms with Crippen molar-refractivity contribution < 1.29 is 9.11 Å². The van der Waals surface area contributed by atoms with Crippen LogP contribution in [0.15, 0.2) is 12.1 Å². The van der Waals surface area contributed by atoms with Gasteiger partial charge in [-0.25, -0.2) is 0 Å². The van der Waals surface area contributed by atoms with Crippen LogP contribution in [0.2, 0.25) is 10.0 Å². The van der Waals surface area contributed by atoms with E-state index >= 15 is 0 Å². The molecule has 0 N–H and O–H groups in total. The molecule has 0 saturated heterocycles. The number of nitro benzene ring substituents is 1. The van der Waals surface area contributed by atoms with Crippen molar-refractivity contribution in [1.82, 2.24) is 0 Å². The fourth-order valence-corrected chi connectivity index (χ4v) is 1.94. The van der Waals surface area contributed by atoms with Crippen LogP contribution in [0.25, 0.3) is 0 Å². The van der Waals surface area contributed by atoms with E-state index in [1.807, 2.05) is 13.8 Å². The second-order valence-electron chi connectivity index (χ2n) is 3.22. The largest absolute Gasteiger partial charge is 0.417 e. The van der Waals surface area contributed by atoms with Gasteiger partial charge in [0.2, 0.25) is 5.75 Å². The van der Waals surface area contributed by atoms with Crippen molar-refractivity contribution in [2.24, 2.45) is 0 Å². The van der Waals surface area contributed by atoms with Crippen LogP contribution in [-0.2, 0) is 0 Å². The second-order valence-corrected chi connectivity index (χ2v) is 5.37. The molecule has 0 aliphatic carbocycles. The van der Waals surface area contributed by atoms with E-state index in [2.05, 4.69) is 0 Å². The maximum absolute atomic E-state index is 10.8. The Bertz CT molecular complexity index is 412. The predicted molar refractivity (Wildman–Crippen MR) is 66.5 cm³/mol. The number of hydrogen-bond acceptors (Lipinski definition) is 4. The van der Waals surface area contributed by atoms with E-state index in [4.69, 9.17) is 27.4 Å². The minimum absolute atomic E-state index is 0.0368. The Morgan fingerprint density at radius 2 is 2.06 bits per heavy atom. The van der Waals surface area contributed by atoms with Gasteiger partial charge in [0.05, 0.1) is 22.0 Å². The van der Waals surface area contributed by atoms with Gasteiger partial charge in [0, 0.05) is 16.3 Å². The summed E-state index contributed by atoms with van der Waals surface area (Å²) in [5.74, 6) is 0.0368. The van der Waals surface area contributed by atoms with Crippen molar-refractivity contribution in [3.8, 4) is 5.75 Å². The molecule has 0 radical (unpaired) electrons. The van der Waals surface area contributed by atoms with E-state index in [0.717, 1.165) is 12.0 Å². The first kappa shape index (κ1) is 13.4. The summed E-state index contributed by atoms with van der Waals surface area (Å²) in [6, 6.07) is 2.62. The second kappa shape index (κ2) is 5.61. The number of halogens is 2. The zero-order chi connectivity index (χ0) is 12.3. The molecule has 0 fully saturated rings. The Morgan fingerprint density at radius 1 is 1.44 bits per heavy atom. The quantitative estimate of drug-likeness (QED) is 0.468. The molecule has 0 atom stereocenters. The third-order valence-electron chi connectivity index (χ3n) is 1.51. The van der Waals surface area contributed by atoms with Gasteiger partial charge in [-0.3, -0.25) is 10.1 Å². The smallest absolute Gasteiger partial charge is 0.315 e. The topological polar surface area (TPSA) is 52.4 Å². The van der Waals surface area contributed by atoms with Crippen LogP contribution in [0.1, 0.15) is 13.8 Å². The van der Waals surface area contributed by atoms with Crippen LogP contribution in [0, 0.1) is 10.1 Å². The van der Waals surface area contributed by atoms with E-state index in [0.29, 0.717) is 0 Å². The number of rotatable bonds is 4. The van der Waals surface area contributed by atoms with Crippen molar-refractivity contribution in [3.63, 3.8) is 0 Å². The zero-order valence-corrected chi connectivity index (χ0v) is 10.9. The Morgan fingerprint density at radius 3 is 2.56 bits per heavy atom. The van der Waals surface area contributed by atoms with Crippen LogP contribution in [0.4, 0.5) is 5.69 Å². The molecule has 1 rings (SSSR count). The van der Waals surface area contributed by atoms with Crippen LogP contribution in [-0.4, -0.2) is 10.2 Å². The van der Waals surface area contributed by atoms with Gasteiger partial charge in [-0.1, -0.05) is 37.0 Å². The SMILES string of the molecule is CC(C)SOc1c(Cl)cc(Cl)cc1[N+](=O)[O-]. The highest BCUT2D eigenvalue weighted by atomic mass is 35.5. The first-order valence-corrected chi connectivity index (χ1v) is 5.94. The van der Waals surface area contributed by atoms with E-state index in [-0.39, 0.29) is 26.7 Å². The van der Waals surface area contributed by atoms with Crippen molar-refractivity contribution in [1.29, 1.82) is 0 Å². The van der Waals surface area contributed by atoms with E-state index in [1.165, 1.54) is 12.1 Å². The highest BCUT2D eigenvalue weighted by molar-refractivity contribution is 7.95. The lowest BCUT2D eigenvalue weighted by molar-refractivity contribution is -0.385. The maximum atomic E-state index is 10.8.